The van der Waals surface area contributed by atoms with Gasteiger partial charge in [0.05, 0.1) is 6.26 Å². The first-order valence-corrected chi connectivity index (χ1v) is 7.98. The fourth-order valence-electron chi connectivity index (χ4n) is 2.71. The Hall–Kier alpha value is -2.94. The van der Waals surface area contributed by atoms with Crippen molar-refractivity contribution < 1.29 is 4.42 Å². The van der Waals surface area contributed by atoms with Crippen molar-refractivity contribution in [3.05, 3.63) is 88.7 Å². The number of anilines is 1. The monoisotopic (exact) mass is 318 g/mol. The van der Waals surface area contributed by atoms with E-state index in [0.29, 0.717) is 0 Å². The Morgan fingerprint density at radius 2 is 1.67 bits per heavy atom. The first kappa shape index (κ1) is 15.9. The SMILES string of the molecule is CNC=c1ccc(=C(c2ccc(N(C)C)cc2)c2ccco2)cc1. The van der Waals surface area contributed by atoms with Crippen LogP contribution in [-0.2, 0) is 0 Å². The van der Waals surface area contributed by atoms with E-state index in [1.165, 1.54) is 5.69 Å². The normalized spacial score (nSPS) is 10.3. The van der Waals surface area contributed by atoms with Gasteiger partial charge in [0.2, 0.25) is 0 Å². The molecular weight excluding hydrogens is 296 g/mol. The maximum atomic E-state index is 5.69. The highest BCUT2D eigenvalue weighted by atomic mass is 16.3. The molecule has 0 fully saturated rings. The molecule has 0 aliphatic carbocycles. The van der Waals surface area contributed by atoms with Gasteiger partial charge in [0.25, 0.3) is 0 Å². The lowest BCUT2D eigenvalue weighted by Crippen LogP contribution is -2.14. The number of hydrogen-bond acceptors (Lipinski definition) is 3. The Balaban J connectivity index is 2.17. The number of rotatable bonds is 4. The molecule has 1 N–H and O–H groups in total. The van der Waals surface area contributed by atoms with Crippen molar-refractivity contribution in [1.29, 1.82) is 0 Å². The van der Waals surface area contributed by atoms with Gasteiger partial charge in [0.1, 0.15) is 5.76 Å². The highest BCUT2D eigenvalue weighted by molar-refractivity contribution is 5.77. The molecule has 3 nitrogen and oxygen atoms in total. The van der Waals surface area contributed by atoms with Crippen LogP contribution in [-0.4, -0.2) is 21.1 Å². The number of nitrogens with one attached hydrogen (secondary N) is 1. The minimum absolute atomic E-state index is 0.873. The zero-order valence-electron chi connectivity index (χ0n) is 14.3. The van der Waals surface area contributed by atoms with E-state index in [2.05, 4.69) is 58.7 Å². The number of nitrogens with zero attached hydrogens (tertiary/aromatic N) is 1. The van der Waals surface area contributed by atoms with Crippen LogP contribution in [0.15, 0.2) is 71.3 Å². The molecule has 1 heterocycles. The Labute approximate surface area is 142 Å². The first-order valence-electron chi connectivity index (χ1n) is 7.98. The summed E-state index contributed by atoms with van der Waals surface area (Å²) in [7, 11) is 5.99. The standard InChI is InChI=1S/C21H22N2O/c1-22-15-16-6-8-17(9-7-16)21(20-5-4-14-24-20)18-10-12-19(13-11-18)23(2)3/h4-15,22H,1-3H3. The van der Waals surface area contributed by atoms with Crippen molar-refractivity contribution in [2.75, 3.05) is 26.0 Å². The van der Waals surface area contributed by atoms with E-state index in [1.807, 2.05) is 39.5 Å². The lowest BCUT2D eigenvalue weighted by Gasteiger charge is -2.13. The van der Waals surface area contributed by atoms with Gasteiger partial charge in [-0.1, -0.05) is 36.4 Å². The lowest BCUT2D eigenvalue weighted by atomic mass is 10.00. The predicted octanol–water partition coefficient (Wildman–Crippen LogP) is 2.55. The molecule has 0 unspecified atom stereocenters. The van der Waals surface area contributed by atoms with Crippen LogP contribution in [0.2, 0.25) is 0 Å². The fourth-order valence-corrected chi connectivity index (χ4v) is 2.71. The number of furan rings is 1. The molecule has 0 atom stereocenters. The molecule has 3 rings (SSSR count). The van der Waals surface area contributed by atoms with E-state index in [0.717, 1.165) is 27.3 Å². The van der Waals surface area contributed by atoms with Gasteiger partial charge in [-0.15, -0.1) is 0 Å². The smallest absolute Gasteiger partial charge is 0.135 e. The second-order valence-electron chi connectivity index (χ2n) is 5.85. The molecule has 0 aliphatic rings. The summed E-state index contributed by atoms with van der Waals surface area (Å²) in [4.78, 5) is 2.10. The zero-order valence-corrected chi connectivity index (χ0v) is 14.3. The van der Waals surface area contributed by atoms with Crippen LogP contribution in [0.3, 0.4) is 0 Å². The second kappa shape index (κ2) is 7.09. The minimum Gasteiger partial charge on any atom is -0.464 e. The van der Waals surface area contributed by atoms with Crippen LogP contribution in [0.4, 0.5) is 5.69 Å². The molecule has 1 aromatic heterocycles. The van der Waals surface area contributed by atoms with Crippen molar-refractivity contribution >= 4 is 17.5 Å². The van der Waals surface area contributed by atoms with Crippen LogP contribution in [0, 0.1) is 0 Å². The van der Waals surface area contributed by atoms with Gasteiger partial charge < -0.3 is 14.6 Å². The van der Waals surface area contributed by atoms with Crippen molar-refractivity contribution in [2.45, 2.75) is 0 Å². The summed E-state index contributed by atoms with van der Waals surface area (Å²) < 4.78 is 5.69. The summed E-state index contributed by atoms with van der Waals surface area (Å²) in [6, 6.07) is 20.9. The maximum absolute atomic E-state index is 5.69. The summed E-state index contributed by atoms with van der Waals surface area (Å²) in [6.07, 6.45) is 3.69. The second-order valence-corrected chi connectivity index (χ2v) is 5.85. The zero-order chi connectivity index (χ0) is 16.9. The van der Waals surface area contributed by atoms with E-state index in [4.69, 9.17) is 4.42 Å². The number of benzene rings is 2. The Morgan fingerprint density at radius 1 is 0.958 bits per heavy atom. The molecule has 0 amide bonds. The topological polar surface area (TPSA) is 28.4 Å². The fraction of sp³-hybridized carbons (Fsp3) is 0.143. The predicted molar refractivity (Wildman–Crippen MR) is 100 cm³/mol. The summed E-state index contributed by atoms with van der Waals surface area (Å²) in [5, 5.41) is 5.33. The third-order valence-electron chi connectivity index (χ3n) is 3.95. The third-order valence-corrected chi connectivity index (χ3v) is 3.95. The molecule has 24 heavy (non-hydrogen) atoms. The van der Waals surface area contributed by atoms with E-state index >= 15 is 0 Å². The molecule has 2 aromatic carbocycles. The van der Waals surface area contributed by atoms with Gasteiger partial charge in [-0.05, 0) is 40.3 Å². The van der Waals surface area contributed by atoms with Gasteiger partial charge in [0.15, 0.2) is 0 Å². The first-order chi connectivity index (χ1) is 11.7. The van der Waals surface area contributed by atoms with Crippen LogP contribution in [0.5, 0.6) is 0 Å². The summed E-state index contributed by atoms with van der Waals surface area (Å²) in [5.41, 5.74) is 3.42. The van der Waals surface area contributed by atoms with E-state index < -0.39 is 0 Å². The van der Waals surface area contributed by atoms with E-state index in [9.17, 15) is 0 Å². The molecule has 0 saturated heterocycles. The van der Waals surface area contributed by atoms with Crippen molar-refractivity contribution in [3.8, 4) is 0 Å². The van der Waals surface area contributed by atoms with Crippen LogP contribution in [0.1, 0.15) is 11.3 Å². The van der Waals surface area contributed by atoms with Gasteiger partial charge >= 0.3 is 0 Å². The van der Waals surface area contributed by atoms with E-state index in [1.54, 1.807) is 6.26 Å². The maximum Gasteiger partial charge on any atom is 0.135 e. The Bertz CT molecular complexity index is 884. The molecule has 0 saturated carbocycles. The average molecular weight is 318 g/mol. The van der Waals surface area contributed by atoms with Crippen LogP contribution >= 0.6 is 0 Å². The summed E-state index contributed by atoms with van der Waals surface area (Å²) in [6.45, 7) is 0. The molecule has 3 aromatic rings. The Kier molecular flexibility index (Phi) is 4.71. The quantitative estimate of drug-likeness (QED) is 0.801. The van der Waals surface area contributed by atoms with Crippen LogP contribution < -0.4 is 20.7 Å². The molecule has 3 heteroatoms. The van der Waals surface area contributed by atoms with Crippen molar-refractivity contribution in [2.24, 2.45) is 0 Å². The van der Waals surface area contributed by atoms with Crippen molar-refractivity contribution in [1.82, 2.24) is 5.32 Å². The summed E-state index contributed by atoms with van der Waals surface area (Å²) in [5.74, 6) is 0.873. The number of hydrogen-bond donors (Lipinski definition) is 1. The molecule has 0 aliphatic heterocycles. The largest absolute Gasteiger partial charge is 0.464 e. The molecular formula is C21H22N2O. The van der Waals surface area contributed by atoms with Gasteiger partial charge in [0, 0.05) is 38.6 Å². The average Bonchev–Trinajstić information content (AvgIpc) is 3.11. The molecule has 0 spiro atoms. The minimum atomic E-state index is 0.873. The van der Waals surface area contributed by atoms with Gasteiger partial charge in [-0.25, -0.2) is 0 Å². The van der Waals surface area contributed by atoms with Gasteiger partial charge in [-0.2, -0.15) is 0 Å². The molecule has 122 valence electrons. The van der Waals surface area contributed by atoms with E-state index in [-0.39, 0.29) is 0 Å². The highest BCUT2D eigenvalue weighted by Gasteiger charge is 2.09. The molecule has 0 radical (unpaired) electrons. The van der Waals surface area contributed by atoms with Crippen LogP contribution in [0.25, 0.3) is 11.8 Å². The Morgan fingerprint density at radius 3 is 2.21 bits per heavy atom. The molecule has 0 bridgehead atoms. The van der Waals surface area contributed by atoms with Gasteiger partial charge in [-0.3, -0.25) is 0 Å². The van der Waals surface area contributed by atoms with Crippen molar-refractivity contribution in [3.63, 3.8) is 0 Å². The highest BCUT2D eigenvalue weighted by Crippen LogP contribution is 2.23. The lowest BCUT2D eigenvalue weighted by molar-refractivity contribution is 0.553. The summed E-state index contributed by atoms with van der Waals surface area (Å²) >= 11 is 0. The third kappa shape index (κ3) is 3.35.